The lowest BCUT2D eigenvalue weighted by Crippen LogP contribution is -2.29. The molecule has 0 radical (unpaired) electrons. The van der Waals surface area contributed by atoms with Crippen molar-refractivity contribution in [1.82, 2.24) is 0 Å². The zero-order valence-electron chi connectivity index (χ0n) is 21.5. The Morgan fingerprint density at radius 1 is 0.647 bits per heavy atom. The van der Waals surface area contributed by atoms with Crippen LogP contribution in [0.2, 0.25) is 0 Å². The van der Waals surface area contributed by atoms with Gasteiger partial charge in [-0.3, -0.25) is 14.1 Å². The Bertz CT molecular complexity index is 549. The number of carbonyl (C=O) groups is 2. The molecule has 202 valence electrons. The summed E-state index contributed by atoms with van der Waals surface area (Å²) in [5, 5.41) is 0. The van der Waals surface area contributed by atoms with Crippen LogP contribution in [0.15, 0.2) is 0 Å². The second-order valence-corrected chi connectivity index (χ2v) is 10.3. The summed E-state index contributed by atoms with van der Waals surface area (Å²) in [6.45, 7) is 3.56. The van der Waals surface area contributed by atoms with Crippen molar-refractivity contribution in [3.63, 3.8) is 0 Å². The van der Waals surface area contributed by atoms with Crippen molar-refractivity contribution in [2.75, 3.05) is 13.2 Å². The molecule has 9 heteroatoms. The molecule has 0 aliphatic heterocycles. The van der Waals surface area contributed by atoms with Gasteiger partial charge in [-0.2, -0.15) is 0 Å². The monoisotopic (exact) mass is 508 g/mol. The average molecular weight is 509 g/mol. The maximum atomic E-state index is 12.1. The van der Waals surface area contributed by atoms with E-state index in [-0.39, 0.29) is 19.4 Å². The minimum atomic E-state index is -4.72. The van der Waals surface area contributed by atoms with Crippen LogP contribution in [0.5, 0.6) is 0 Å². The van der Waals surface area contributed by atoms with Crippen molar-refractivity contribution < 1.29 is 37.9 Å². The van der Waals surface area contributed by atoms with Crippen LogP contribution in [0, 0.1) is 0 Å². The van der Waals surface area contributed by atoms with E-state index in [1.807, 2.05) is 0 Å². The summed E-state index contributed by atoms with van der Waals surface area (Å²) in [5.41, 5.74) is 0. The third-order valence-corrected chi connectivity index (χ3v) is 6.11. The molecule has 0 aromatic rings. The highest BCUT2D eigenvalue weighted by Crippen LogP contribution is 2.35. The fourth-order valence-electron chi connectivity index (χ4n) is 3.61. The minimum Gasteiger partial charge on any atom is -0.462 e. The number of esters is 2. The number of carbonyl (C=O) groups excluding carboxylic acids is 2. The zero-order chi connectivity index (χ0) is 25.5. The number of hydrogen-bond acceptors (Lipinski definition) is 6. The van der Waals surface area contributed by atoms with Crippen LogP contribution in [0.1, 0.15) is 129 Å². The van der Waals surface area contributed by atoms with Crippen LogP contribution in [-0.4, -0.2) is 41.0 Å². The maximum Gasteiger partial charge on any atom is 0.469 e. The molecule has 0 aliphatic rings. The lowest BCUT2D eigenvalue weighted by atomic mass is 10.1. The summed E-state index contributed by atoms with van der Waals surface area (Å²) < 4.78 is 25.9. The van der Waals surface area contributed by atoms with Crippen molar-refractivity contribution in [2.45, 2.75) is 136 Å². The highest BCUT2D eigenvalue weighted by molar-refractivity contribution is 7.46. The van der Waals surface area contributed by atoms with Gasteiger partial charge in [0, 0.05) is 12.8 Å². The molecule has 0 amide bonds. The van der Waals surface area contributed by atoms with E-state index < -0.39 is 32.5 Å². The van der Waals surface area contributed by atoms with E-state index in [4.69, 9.17) is 19.3 Å². The number of rotatable bonds is 24. The van der Waals surface area contributed by atoms with Gasteiger partial charge in [0.2, 0.25) is 0 Å². The predicted octanol–water partition coefficient (Wildman–Crippen LogP) is 6.61. The molecule has 0 heterocycles. The Kier molecular flexibility index (Phi) is 21.9. The molecule has 0 aliphatic carbocycles. The average Bonchev–Trinajstić information content (AvgIpc) is 2.78. The summed E-state index contributed by atoms with van der Waals surface area (Å²) in [6.07, 6.45) is 17.1. The van der Waals surface area contributed by atoms with Crippen LogP contribution >= 0.6 is 7.82 Å². The van der Waals surface area contributed by atoms with E-state index >= 15 is 0 Å². The summed E-state index contributed by atoms with van der Waals surface area (Å²) >= 11 is 0. The second kappa shape index (κ2) is 22.5. The van der Waals surface area contributed by atoms with Gasteiger partial charge in [-0.25, -0.2) is 4.57 Å². The Hall–Kier alpha value is -0.950. The van der Waals surface area contributed by atoms with Crippen LogP contribution in [0.4, 0.5) is 0 Å². The third kappa shape index (κ3) is 24.2. The van der Waals surface area contributed by atoms with Gasteiger partial charge in [0.05, 0.1) is 6.61 Å². The van der Waals surface area contributed by atoms with Crippen LogP contribution < -0.4 is 0 Å². The molecule has 0 fully saturated rings. The van der Waals surface area contributed by atoms with Crippen LogP contribution in [-0.2, 0) is 28.2 Å². The maximum absolute atomic E-state index is 12.1. The number of unbranched alkanes of at least 4 members (excludes halogenated alkanes) is 14. The third-order valence-electron chi connectivity index (χ3n) is 5.63. The highest BCUT2D eigenvalue weighted by atomic mass is 31.2. The Morgan fingerprint density at radius 3 is 1.50 bits per heavy atom. The van der Waals surface area contributed by atoms with E-state index in [2.05, 4.69) is 18.4 Å². The molecule has 0 saturated carbocycles. The lowest BCUT2D eigenvalue weighted by molar-refractivity contribution is -0.161. The van der Waals surface area contributed by atoms with E-state index in [1.54, 1.807) is 0 Å². The van der Waals surface area contributed by atoms with Gasteiger partial charge in [-0.05, 0) is 12.8 Å². The summed E-state index contributed by atoms with van der Waals surface area (Å²) in [5.74, 6) is -0.893. The Morgan fingerprint density at radius 2 is 1.06 bits per heavy atom. The van der Waals surface area contributed by atoms with Gasteiger partial charge in [0.15, 0.2) is 6.10 Å². The molecule has 1 unspecified atom stereocenters. The van der Waals surface area contributed by atoms with Gasteiger partial charge in [0.25, 0.3) is 0 Å². The van der Waals surface area contributed by atoms with Crippen LogP contribution in [0.3, 0.4) is 0 Å². The molecule has 0 aromatic carbocycles. The largest absolute Gasteiger partial charge is 0.469 e. The first-order chi connectivity index (χ1) is 16.3. The van der Waals surface area contributed by atoms with Gasteiger partial charge in [-0.15, -0.1) is 0 Å². The number of phosphoric acid groups is 1. The molecular weight excluding hydrogens is 459 g/mol. The molecule has 2 N–H and O–H groups in total. The van der Waals surface area contributed by atoms with E-state index in [0.29, 0.717) is 6.42 Å². The molecule has 0 saturated heterocycles. The summed E-state index contributed by atoms with van der Waals surface area (Å²) in [4.78, 5) is 42.0. The fraction of sp³-hybridized carbons (Fsp3) is 0.920. The van der Waals surface area contributed by atoms with Crippen molar-refractivity contribution in [1.29, 1.82) is 0 Å². The molecule has 34 heavy (non-hydrogen) atoms. The molecule has 0 spiro atoms. The predicted molar refractivity (Wildman–Crippen MR) is 133 cm³/mol. The molecule has 0 rings (SSSR count). The molecule has 0 bridgehead atoms. The van der Waals surface area contributed by atoms with Crippen molar-refractivity contribution in [3.05, 3.63) is 0 Å². The quantitative estimate of drug-likeness (QED) is 0.0849. The van der Waals surface area contributed by atoms with Gasteiger partial charge >= 0.3 is 19.8 Å². The smallest absolute Gasteiger partial charge is 0.462 e. The van der Waals surface area contributed by atoms with Crippen molar-refractivity contribution in [3.8, 4) is 0 Å². The van der Waals surface area contributed by atoms with Gasteiger partial charge in [-0.1, -0.05) is 104 Å². The normalized spacial score (nSPS) is 12.5. The Balaban J connectivity index is 4.13. The van der Waals surface area contributed by atoms with Crippen molar-refractivity contribution in [2.24, 2.45) is 0 Å². The van der Waals surface area contributed by atoms with Crippen molar-refractivity contribution >= 4 is 19.8 Å². The van der Waals surface area contributed by atoms with E-state index in [9.17, 15) is 14.2 Å². The Labute approximate surface area is 206 Å². The SMILES string of the molecule is CCCCCCCCCCC(=O)OCC(COP(=O)(O)O)OC(=O)CCCCCCCCCC. The summed E-state index contributed by atoms with van der Waals surface area (Å²) in [6, 6.07) is 0. The summed E-state index contributed by atoms with van der Waals surface area (Å²) in [7, 11) is -4.72. The number of hydrogen-bond donors (Lipinski definition) is 2. The molecule has 1 atom stereocenters. The minimum absolute atomic E-state index is 0.216. The zero-order valence-corrected chi connectivity index (χ0v) is 22.4. The molecule has 8 nitrogen and oxygen atoms in total. The van der Waals surface area contributed by atoms with Gasteiger partial charge in [0.1, 0.15) is 6.61 Å². The lowest BCUT2D eigenvalue weighted by Gasteiger charge is -2.18. The van der Waals surface area contributed by atoms with E-state index in [1.165, 1.54) is 57.8 Å². The van der Waals surface area contributed by atoms with Crippen LogP contribution in [0.25, 0.3) is 0 Å². The number of phosphoric ester groups is 1. The topological polar surface area (TPSA) is 119 Å². The first-order valence-electron chi connectivity index (χ1n) is 13.3. The first kappa shape index (κ1) is 33.0. The second-order valence-electron chi connectivity index (χ2n) is 9.03. The molecular formula is C25H49O8P. The van der Waals surface area contributed by atoms with E-state index in [0.717, 1.165) is 38.5 Å². The molecule has 0 aromatic heterocycles. The highest BCUT2D eigenvalue weighted by Gasteiger charge is 2.22. The standard InChI is InChI=1S/C25H49O8P/c1-3-5-7-9-11-13-15-17-19-24(26)31-21-23(22-32-34(28,29)30)33-25(27)20-18-16-14-12-10-8-6-4-2/h23H,3-22H2,1-2H3,(H2,28,29,30). The first-order valence-corrected chi connectivity index (χ1v) is 14.9. The number of ether oxygens (including phenoxy) is 2. The van der Waals surface area contributed by atoms with Gasteiger partial charge < -0.3 is 19.3 Å². The fourth-order valence-corrected chi connectivity index (χ4v) is 3.97.